The Morgan fingerprint density at radius 3 is 2.25 bits per heavy atom. The molecular weight excluding hydrogens is 276 g/mol. The average Bonchev–Trinajstić information content (AvgIpc) is 2.93. The van der Waals surface area contributed by atoms with Crippen molar-refractivity contribution < 1.29 is 22.3 Å². The Bertz CT molecular complexity index is 438. The lowest BCUT2D eigenvalue weighted by atomic mass is 10.3. The monoisotopic (exact) mass is 292 g/mol. The Kier molecular flexibility index (Phi) is 5.17. The number of nitrogens with zero attached hydrogens (tertiary/aromatic N) is 1. The third kappa shape index (κ3) is 3.59. The summed E-state index contributed by atoms with van der Waals surface area (Å²) in [6.45, 7) is 0.598. The molecule has 0 spiro atoms. The second kappa shape index (κ2) is 6.88. The van der Waals surface area contributed by atoms with E-state index in [4.69, 9.17) is 4.74 Å². The molecule has 20 heavy (non-hydrogen) atoms. The zero-order chi connectivity index (χ0) is 14.5. The second-order valence-electron chi connectivity index (χ2n) is 4.75. The minimum absolute atomic E-state index is 0.156. The Balaban J connectivity index is 1.79. The van der Waals surface area contributed by atoms with Crippen LogP contribution in [0.25, 0.3) is 0 Å². The van der Waals surface area contributed by atoms with Crippen LogP contribution in [0.5, 0.6) is 0 Å². The predicted molar refractivity (Wildman–Crippen MR) is 65.4 cm³/mol. The molecular formula is C13H16F4N2O. The molecule has 1 N–H and O–H groups in total. The van der Waals surface area contributed by atoms with Gasteiger partial charge >= 0.3 is 0 Å². The number of rotatable bonds is 6. The molecule has 7 heteroatoms. The number of hydrogen-bond acceptors (Lipinski definition) is 3. The molecule has 0 unspecified atom stereocenters. The van der Waals surface area contributed by atoms with E-state index in [1.54, 1.807) is 0 Å². The fraction of sp³-hybridized carbons (Fsp3) is 0.615. The highest BCUT2D eigenvalue weighted by Gasteiger charge is 2.20. The first-order valence-corrected chi connectivity index (χ1v) is 6.65. The summed E-state index contributed by atoms with van der Waals surface area (Å²) < 4.78 is 57.8. The van der Waals surface area contributed by atoms with Crippen LogP contribution in [0.2, 0.25) is 0 Å². The fourth-order valence-electron chi connectivity index (χ4n) is 2.23. The molecule has 1 aliphatic carbocycles. The number of halogens is 4. The van der Waals surface area contributed by atoms with Gasteiger partial charge in [-0.05, 0) is 19.3 Å². The van der Waals surface area contributed by atoms with Gasteiger partial charge in [-0.2, -0.15) is 22.5 Å². The Morgan fingerprint density at radius 2 is 1.65 bits per heavy atom. The molecule has 1 fully saturated rings. The second-order valence-corrected chi connectivity index (χ2v) is 4.75. The van der Waals surface area contributed by atoms with E-state index in [1.807, 2.05) is 0 Å². The van der Waals surface area contributed by atoms with Gasteiger partial charge in [-0.15, -0.1) is 0 Å². The molecule has 1 aromatic heterocycles. The van der Waals surface area contributed by atoms with Crippen LogP contribution in [0.3, 0.4) is 0 Å². The number of hydrogen-bond donors (Lipinski definition) is 1. The van der Waals surface area contributed by atoms with Crippen LogP contribution in [0, 0.1) is 23.5 Å². The van der Waals surface area contributed by atoms with E-state index in [9.17, 15) is 17.6 Å². The molecule has 0 aliphatic heterocycles. The van der Waals surface area contributed by atoms with Crippen molar-refractivity contribution in [3.05, 3.63) is 23.5 Å². The molecule has 1 aliphatic rings. The normalized spacial score (nSPS) is 15.8. The zero-order valence-corrected chi connectivity index (χ0v) is 10.9. The van der Waals surface area contributed by atoms with Gasteiger partial charge in [-0.3, -0.25) is 0 Å². The molecule has 2 rings (SSSR count). The van der Waals surface area contributed by atoms with Gasteiger partial charge in [0.1, 0.15) is 5.69 Å². The van der Waals surface area contributed by atoms with Crippen LogP contribution >= 0.6 is 0 Å². The van der Waals surface area contributed by atoms with Crippen molar-refractivity contribution >= 4 is 5.69 Å². The van der Waals surface area contributed by atoms with Crippen LogP contribution in [-0.4, -0.2) is 24.2 Å². The molecule has 1 aromatic rings. The largest absolute Gasteiger partial charge is 0.380 e. The lowest BCUT2D eigenvalue weighted by Crippen LogP contribution is -2.14. The Labute approximate surface area is 114 Å². The van der Waals surface area contributed by atoms with E-state index in [2.05, 4.69) is 10.3 Å². The smallest absolute Gasteiger partial charge is 0.253 e. The summed E-state index contributed by atoms with van der Waals surface area (Å²) in [5.74, 6) is -6.34. The van der Waals surface area contributed by atoms with Gasteiger partial charge in [0.05, 0.1) is 6.10 Å². The van der Waals surface area contributed by atoms with Crippen molar-refractivity contribution in [3.63, 3.8) is 0 Å². The van der Waals surface area contributed by atoms with Crippen LogP contribution in [0.15, 0.2) is 0 Å². The van der Waals surface area contributed by atoms with Crippen molar-refractivity contribution in [1.82, 2.24) is 4.98 Å². The summed E-state index contributed by atoms with van der Waals surface area (Å²) in [6.07, 6.45) is 5.15. The van der Waals surface area contributed by atoms with E-state index in [0.29, 0.717) is 13.0 Å². The number of nitrogens with one attached hydrogen (secondary N) is 1. The molecule has 0 amide bonds. The Morgan fingerprint density at radius 1 is 1.05 bits per heavy atom. The maximum Gasteiger partial charge on any atom is 0.253 e. The van der Waals surface area contributed by atoms with Crippen LogP contribution in [0.1, 0.15) is 32.1 Å². The molecule has 0 aromatic carbocycles. The first-order valence-electron chi connectivity index (χ1n) is 6.65. The maximum absolute atomic E-state index is 13.3. The Hall–Kier alpha value is -1.37. The number of pyridine rings is 1. The highest BCUT2D eigenvalue weighted by Crippen LogP contribution is 2.22. The highest BCUT2D eigenvalue weighted by molar-refractivity contribution is 5.45. The van der Waals surface area contributed by atoms with Gasteiger partial charge in [0.25, 0.3) is 11.9 Å². The molecule has 112 valence electrons. The first-order chi connectivity index (χ1) is 9.59. The van der Waals surface area contributed by atoms with Crippen LogP contribution in [-0.2, 0) is 4.74 Å². The highest BCUT2D eigenvalue weighted by atomic mass is 19.2. The average molecular weight is 292 g/mol. The minimum Gasteiger partial charge on any atom is -0.380 e. The van der Waals surface area contributed by atoms with E-state index >= 15 is 0 Å². The summed E-state index contributed by atoms with van der Waals surface area (Å²) >= 11 is 0. The molecule has 0 saturated heterocycles. The minimum atomic E-state index is -1.66. The lowest BCUT2D eigenvalue weighted by molar-refractivity contribution is 0.0583. The number of aromatic nitrogens is 1. The van der Waals surface area contributed by atoms with Gasteiger partial charge in [-0.1, -0.05) is 12.8 Å². The van der Waals surface area contributed by atoms with E-state index in [-0.39, 0.29) is 12.6 Å². The standard InChI is InChI=1S/C13H16F4N2O/c14-9-11(10(15)13(17)19-12(9)16)18-6-3-7-20-8-4-1-2-5-8/h8H,1-7H2,(H,18,19). The summed E-state index contributed by atoms with van der Waals surface area (Å²) in [4.78, 5) is 2.48. The summed E-state index contributed by atoms with van der Waals surface area (Å²) in [6, 6.07) is 0. The van der Waals surface area contributed by atoms with E-state index in [1.165, 1.54) is 0 Å². The predicted octanol–water partition coefficient (Wildman–Crippen LogP) is 3.40. The van der Waals surface area contributed by atoms with Gasteiger partial charge in [0, 0.05) is 13.2 Å². The van der Waals surface area contributed by atoms with Crippen LogP contribution in [0.4, 0.5) is 23.2 Å². The van der Waals surface area contributed by atoms with Crippen molar-refractivity contribution in [2.75, 3.05) is 18.5 Å². The van der Waals surface area contributed by atoms with Gasteiger partial charge in [0.2, 0.25) is 11.6 Å². The summed E-state index contributed by atoms with van der Waals surface area (Å²) in [7, 11) is 0. The maximum atomic E-state index is 13.3. The van der Waals surface area contributed by atoms with E-state index < -0.39 is 29.2 Å². The lowest BCUT2D eigenvalue weighted by Gasteiger charge is -2.12. The van der Waals surface area contributed by atoms with Crippen molar-refractivity contribution in [3.8, 4) is 0 Å². The van der Waals surface area contributed by atoms with Crippen molar-refractivity contribution in [1.29, 1.82) is 0 Å². The molecule has 0 bridgehead atoms. The van der Waals surface area contributed by atoms with Gasteiger partial charge < -0.3 is 10.1 Å². The molecule has 0 radical (unpaired) electrons. The fourth-order valence-corrected chi connectivity index (χ4v) is 2.23. The van der Waals surface area contributed by atoms with Gasteiger partial charge in [-0.25, -0.2) is 0 Å². The van der Waals surface area contributed by atoms with E-state index in [0.717, 1.165) is 25.7 Å². The molecule has 1 saturated carbocycles. The number of anilines is 1. The summed E-state index contributed by atoms with van der Waals surface area (Å²) in [5, 5.41) is 2.34. The molecule has 0 atom stereocenters. The number of ether oxygens (including phenoxy) is 1. The zero-order valence-electron chi connectivity index (χ0n) is 10.9. The first kappa shape index (κ1) is 15.0. The third-order valence-electron chi connectivity index (χ3n) is 3.28. The quantitative estimate of drug-likeness (QED) is 0.496. The van der Waals surface area contributed by atoms with Crippen LogP contribution < -0.4 is 5.32 Å². The summed E-state index contributed by atoms with van der Waals surface area (Å²) in [5.41, 5.74) is -0.823. The van der Waals surface area contributed by atoms with Crippen molar-refractivity contribution in [2.45, 2.75) is 38.2 Å². The van der Waals surface area contributed by atoms with Crippen molar-refractivity contribution in [2.24, 2.45) is 0 Å². The SMILES string of the molecule is Fc1nc(F)c(F)c(NCCCOC2CCCC2)c1F. The third-order valence-corrected chi connectivity index (χ3v) is 3.28. The topological polar surface area (TPSA) is 34.2 Å². The van der Waals surface area contributed by atoms with Gasteiger partial charge in [0.15, 0.2) is 0 Å². The molecule has 1 heterocycles. The molecule has 3 nitrogen and oxygen atoms in total.